The highest BCUT2D eigenvalue weighted by molar-refractivity contribution is 7.15. The number of hydrogen-bond donors (Lipinski definition) is 1. The molecule has 2 aromatic rings. The molecule has 0 bridgehead atoms. The third-order valence-corrected chi connectivity index (χ3v) is 5.44. The molecule has 3 rings (SSSR count). The van der Waals surface area contributed by atoms with E-state index >= 15 is 0 Å². The summed E-state index contributed by atoms with van der Waals surface area (Å²) in [5.74, 6) is 1.53. The van der Waals surface area contributed by atoms with E-state index in [-0.39, 0.29) is 5.91 Å². The molecule has 2 heterocycles. The van der Waals surface area contributed by atoms with Gasteiger partial charge in [-0.05, 0) is 37.8 Å². The van der Waals surface area contributed by atoms with Crippen LogP contribution in [0, 0.1) is 12.8 Å². The lowest BCUT2D eigenvalue weighted by Gasteiger charge is -2.20. The van der Waals surface area contributed by atoms with Crippen LogP contribution in [0.1, 0.15) is 49.1 Å². The molecule has 2 aromatic heterocycles. The van der Waals surface area contributed by atoms with E-state index in [1.54, 1.807) is 17.6 Å². The number of carbonyl (C=O) groups is 1. The number of hydrogen-bond acceptors (Lipinski definition) is 4. The third kappa shape index (κ3) is 3.77. The lowest BCUT2D eigenvalue weighted by molar-refractivity contribution is -0.122. The molecule has 0 aromatic carbocycles. The number of amides is 1. The van der Waals surface area contributed by atoms with Crippen molar-refractivity contribution in [2.24, 2.45) is 5.92 Å². The first-order valence-electron chi connectivity index (χ1n) is 7.99. The fraction of sp³-hybridized carbons (Fsp3) is 0.529. The first kappa shape index (κ1) is 15.3. The number of aryl methyl sites for hydroxylation is 1. The lowest BCUT2D eigenvalue weighted by Crippen LogP contribution is -2.25. The van der Waals surface area contributed by atoms with Crippen molar-refractivity contribution in [1.82, 2.24) is 10.3 Å². The van der Waals surface area contributed by atoms with Crippen LogP contribution in [0.4, 0.5) is 0 Å². The van der Waals surface area contributed by atoms with Crippen LogP contribution in [-0.2, 0) is 11.3 Å². The molecule has 1 aliphatic rings. The number of thiazole rings is 1. The van der Waals surface area contributed by atoms with Gasteiger partial charge in [0, 0.05) is 11.3 Å². The molecule has 1 fully saturated rings. The normalized spacial score (nSPS) is 15.9. The highest BCUT2D eigenvalue weighted by Gasteiger charge is 2.17. The van der Waals surface area contributed by atoms with Gasteiger partial charge in [0.15, 0.2) is 10.8 Å². The molecule has 0 aliphatic heterocycles. The van der Waals surface area contributed by atoms with Gasteiger partial charge in [0.1, 0.15) is 0 Å². The van der Waals surface area contributed by atoms with Crippen LogP contribution in [0.5, 0.6) is 0 Å². The second kappa shape index (κ2) is 7.09. The van der Waals surface area contributed by atoms with Gasteiger partial charge in [0.05, 0.1) is 18.5 Å². The van der Waals surface area contributed by atoms with Crippen LogP contribution in [0.3, 0.4) is 0 Å². The van der Waals surface area contributed by atoms with Crippen molar-refractivity contribution in [1.29, 1.82) is 0 Å². The fourth-order valence-corrected chi connectivity index (χ4v) is 3.97. The fourth-order valence-electron chi connectivity index (χ4n) is 3.00. The zero-order chi connectivity index (χ0) is 15.4. The van der Waals surface area contributed by atoms with Crippen LogP contribution in [0.15, 0.2) is 22.8 Å². The van der Waals surface area contributed by atoms with Crippen molar-refractivity contribution in [3.63, 3.8) is 0 Å². The minimum Gasteiger partial charge on any atom is -0.462 e. The Morgan fingerprint density at radius 2 is 2.23 bits per heavy atom. The Kier molecular flexibility index (Phi) is 4.93. The van der Waals surface area contributed by atoms with Crippen LogP contribution in [-0.4, -0.2) is 10.9 Å². The Labute approximate surface area is 134 Å². The predicted octanol–water partition coefficient (Wildman–Crippen LogP) is 4.30. The van der Waals surface area contributed by atoms with Gasteiger partial charge in [-0.2, -0.15) is 0 Å². The molecule has 4 nitrogen and oxygen atoms in total. The summed E-state index contributed by atoms with van der Waals surface area (Å²) in [5, 5.41) is 3.92. The van der Waals surface area contributed by atoms with Crippen LogP contribution >= 0.6 is 11.3 Å². The number of nitrogens with zero attached hydrogens (tertiary/aromatic N) is 1. The van der Waals surface area contributed by atoms with Crippen molar-refractivity contribution < 1.29 is 9.21 Å². The second-order valence-electron chi connectivity index (χ2n) is 5.99. The largest absolute Gasteiger partial charge is 0.462 e. The Bertz CT molecular complexity index is 613. The molecular weight excluding hydrogens is 296 g/mol. The summed E-state index contributed by atoms with van der Waals surface area (Å²) in [4.78, 5) is 17.7. The number of nitrogens with one attached hydrogen (secondary N) is 1. The SMILES string of the molecule is Cc1nc(-c2ccco2)sc1CNC(=O)CC1CCCCC1. The zero-order valence-corrected chi connectivity index (χ0v) is 13.7. The monoisotopic (exact) mass is 318 g/mol. The molecule has 22 heavy (non-hydrogen) atoms. The third-order valence-electron chi connectivity index (χ3n) is 4.27. The molecule has 5 heteroatoms. The van der Waals surface area contributed by atoms with E-state index in [0.29, 0.717) is 18.9 Å². The summed E-state index contributed by atoms with van der Waals surface area (Å²) in [7, 11) is 0. The molecule has 1 aliphatic carbocycles. The van der Waals surface area contributed by atoms with E-state index < -0.39 is 0 Å². The smallest absolute Gasteiger partial charge is 0.220 e. The predicted molar refractivity (Wildman–Crippen MR) is 87.6 cm³/mol. The van der Waals surface area contributed by atoms with Crippen LogP contribution in [0.25, 0.3) is 10.8 Å². The van der Waals surface area contributed by atoms with E-state index in [9.17, 15) is 4.79 Å². The topological polar surface area (TPSA) is 55.1 Å². The summed E-state index contributed by atoms with van der Waals surface area (Å²) in [6.07, 6.45) is 8.61. The van der Waals surface area contributed by atoms with Gasteiger partial charge in [-0.15, -0.1) is 11.3 Å². The number of aromatic nitrogens is 1. The maximum absolute atomic E-state index is 12.1. The Morgan fingerprint density at radius 1 is 1.41 bits per heavy atom. The standard InChI is InChI=1S/C17H22N2O2S/c1-12-15(22-17(19-12)14-8-5-9-21-14)11-18-16(20)10-13-6-3-2-4-7-13/h5,8-9,13H,2-4,6-7,10-11H2,1H3,(H,18,20). The first-order valence-corrected chi connectivity index (χ1v) is 8.81. The summed E-state index contributed by atoms with van der Waals surface area (Å²) < 4.78 is 5.37. The van der Waals surface area contributed by atoms with E-state index in [4.69, 9.17) is 4.42 Å². The summed E-state index contributed by atoms with van der Waals surface area (Å²) in [6, 6.07) is 3.77. The maximum Gasteiger partial charge on any atom is 0.220 e. The van der Waals surface area contributed by atoms with Crippen molar-refractivity contribution in [2.75, 3.05) is 0 Å². The minimum absolute atomic E-state index is 0.166. The Balaban J connectivity index is 1.53. The Hall–Kier alpha value is -1.62. The van der Waals surface area contributed by atoms with Crippen molar-refractivity contribution in [3.8, 4) is 10.8 Å². The second-order valence-corrected chi connectivity index (χ2v) is 7.07. The molecular formula is C17H22N2O2S. The van der Waals surface area contributed by atoms with Gasteiger partial charge in [-0.1, -0.05) is 19.3 Å². The number of furan rings is 1. The van der Waals surface area contributed by atoms with E-state index in [2.05, 4.69) is 10.3 Å². The molecule has 1 amide bonds. The molecule has 0 atom stereocenters. The molecule has 0 radical (unpaired) electrons. The average Bonchev–Trinajstić information content (AvgIpc) is 3.16. The van der Waals surface area contributed by atoms with Crippen molar-refractivity contribution >= 4 is 17.2 Å². The molecule has 1 N–H and O–H groups in total. The van der Waals surface area contributed by atoms with Gasteiger partial charge in [-0.25, -0.2) is 4.98 Å². The summed E-state index contributed by atoms with van der Waals surface area (Å²) in [6.45, 7) is 2.54. The Morgan fingerprint density at radius 3 is 2.95 bits per heavy atom. The highest BCUT2D eigenvalue weighted by Crippen LogP contribution is 2.28. The zero-order valence-electron chi connectivity index (χ0n) is 12.9. The van der Waals surface area contributed by atoms with Gasteiger partial charge >= 0.3 is 0 Å². The van der Waals surface area contributed by atoms with E-state index in [1.165, 1.54) is 32.1 Å². The van der Waals surface area contributed by atoms with Gasteiger partial charge in [0.2, 0.25) is 5.91 Å². The van der Waals surface area contributed by atoms with E-state index in [1.807, 2.05) is 19.1 Å². The lowest BCUT2D eigenvalue weighted by atomic mass is 9.87. The molecule has 0 saturated heterocycles. The first-order chi connectivity index (χ1) is 10.7. The molecule has 1 saturated carbocycles. The molecule has 0 unspecified atom stereocenters. The van der Waals surface area contributed by atoms with Crippen LogP contribution in [0.2, 0.25) is 0 Å². The number of rotatable bonds is 5. The summed E-state index contributed by atoms with van der Waals surface area (Å²) >= 11 is 1.59. The van der Waals surface area contributed by atoms with Gasteiger partial charge < -0.3 is 9.73 Å². The van der Waals surface area contributed by atoms with Gasteiger partial charge in [0.25, 0.3) is 0 Å². The van der Waals surface area contributed by atoms with Crippen molar-refractivity contribution in [2.45, 2.75) is 52.0 Å². The van der Waals surface area contributed by atoms with E-state index in [0.717, 1.165) is 21.3 Å². The maximum atomic E-state index is 12.1. The number of carbonyl (C=O) groups excluding carboxylic acids is 1. The molecule has 118 valence electrons. The van der Waals surface area contributed by atoms with Crippen molar-refractivity contribution in [3.05, 3.63) is 29.0 Å². The quantitative estimate of drug-likeness (QED) is 0.894. The molecule has 0 spiro atoms. The average molecular weight is 318 g/mol. The summed E-state index contributed by atoms with van der Waals surface area (Å²) in [5.41, 5.74) is 0.967. The van der Waals surface area contributed by atoms with Gasteiger partial charge in [-0.3, -0.25) is 4.79 Å². The highest BCUT2D eigenvalue weighted by atomic mass is 32.1. The minimum atomic E-state index is 0.166. The van der Waals surface area contributed by atoms with Crippen LogP contribution < -0.4 is 5.32 Å².